The number of aryl methyl sites for hydroxylation is 1. The van der Waals surface area contributed by atoms with Crippen molar-refractivity contribution in [3.8, 4) is 0 Å². The van der Waals surface area contributed by atoms with E-state index in [1.165, 1.54) is 16.7 Å². The van der Waals surface area contributed by atoms with Crippen LogP contribution in [-0.2, 0) is 13.1 Å². The van der Waals surface area contributed by atoms with Crippen LogP contribution in [0.4, 0.5) is 5.69 Å². The summed E-state index contributed by atoms with van der Waals surface area (Å²) in [6, 6.07) is 8.13. The van der Waals surface area contributed by atoms with Gasteiger partial charge in [-0.05, 0) is 31.7 Å². The summed E-state index contributed by atoms with van der Waals surface area (Å²) in [5.41, 5.74) is 10.4. The third-order valence-electron chi connectivity index (χ3n) is 2.77. The number of benzene rings is 1. The third-order valence-corrected chi connectivity index (χ3v) is 2.77. The number of hydrogen-bond donors (Lipinski definition) is 1. The quantitative estimate of drug-likeness (QED) is 0.821. The van der Waals surface area contributed by atoms with Crippen LogP contribution >= 0.6 is 0 Å². The zero-order valence-electron chi connectivity index (χ0n) is 10.3. The van der Waals surface area contributed by atoms with Gasteiger partial charge in [-0.2, -0.15) is 0 Å². The first kappa shape index (κ1) is 11.7. The molecule has 1 aromatic heterocycles. The summed E-state index contributed by atoms with van der Waals surface area (Å²) in [4.78, 5) is 2.22. The molecule has 17 heavy (non-hydrogen) atoms. The number of nitrogen functional groups attached to an aromatic ring is 1. The van der Waals surface area contributed by atoms with Crippen LogP contribution < -0.4 is 5.73 Å². The highest BCUT2D eigenvalue weighted by molar-refractivity contribution is 5.48. The standard InChI is InChI=1S/C14H18N2O/c1-11-3-4-14(15)13(7-11)9-16(2)8-12-5-6-17-10-12/h3-7,10H,8-9,15H2,1-2H3. The molecule has 2 rings (SSSR count). The van der Waals surface area contributed by atoms with Crippen molar-refractivity contribution in [3.05, 3.63) is 53.5 Å². The normalized spacial score (nSPS) is 11.0. The number of anilines is 1. The van der Waals surface area contributed by atoms with E-state index < -0.39 is 0 Å². The topological polar surface area (TPSA) is 42.4 Å². The van der Waals surface area contributed by atoms with Crippen LogP contribution in [0.2, 0.25) is 0 Å². The van der Waals surface area contributed by atoms with Crippen molar-refractivity contribution in [2.45, 2.75) is 20.0 Å². The van der Waals surface area contributed by atoms with Crippen LogP contribution in [-0.4, -0.2) is 11.9 Å². The summed E-state index contributed by atoms with van der Waals surface area (Å²) in [5, 5.41) is 0. The zero-order chi connectivity index (χ0) is 12.3. The van der Waals surface area contributed by atoms with E-state index in [4.69, 9.17) is 10.2 Å². The van der Waals surface area contributed by atoms with Gasteiger partial charge in [-0.1, -0.05) is 17.7 Å². The van der Waals surface area contributed by atoms with E-state index in [1.807, 2.05) is 18.2 Å². The molecule has 1 heterocycles. The van der Waals surface area contributed by atoms with Gasteiger partial charge in [0, 0.05) is 24.3 Å². The van der Waals surface area contributed by atoms with Crippen LogP contribution in [0, 0.1) is 6.92 Å². The third kappa shape index (κ3) is 3.11. The molecule has 90 valence electrons. The molecule has 0 saturated heterocycles. The molecule has 0 aliphatic carbocycles. The van der Waals surface area contributed by atoms with Gasteiger partial charge >= 0.3 is 0 Å². The van der Waals surface area contributed by atoms with Gasteiger partial charge in [-0.15, -0.1) is 0 Å². The lowest BCUT2D eigenvalue weighted by atomic mass is 10.1. The lowest BCUT2D eigenvalue weighted by Crippen LogP contribution is -2.17. The monoisotopic (exact) mass is 230 g/mol. The second-order valence-electron chi connectivity index (χ2n) is 4.51. The summed E-state index contributed by atoms with van der Waals surface area (Å²) in [7, 11) is 2.08. The molecule has 0 amide bonds. The van der Waals surface area contributed by atoms with Crippen LogP contribution in [0.3, 0.4) is 0 Å². The van der Waals surface area contributed by atoms with E-state index in [0.29, 0.717) is 0 Å². The van der Waals surface area contributed by atoms with E-state index in [1.54, 1.807) is 12.5 Å². The first-order valence-electron chi connectivity index (χ1n) is 5.70. The van der Waals surface area contributed by atoms with Crippen molar-refractivity contribution in [1.82, 2.24) is 4.90 Å². The Balaban J connectivity index is 2.02. The summed E-state index contributed by atoms with van der Waals surface area (Å²) in [5.74, 6) is 0. The van der Waals surface area contributed by atoms with Crippen LogP contribution in [0.5, 0.6) is 0 Å². The maximum absolute atomic E-state index is 5.97. The Morgan fingerprint density at radius 2 is 2.06 bits per heavy atom. The average molecular weight is 230 g/mol. The number of nitrogens with zero attached hydrogens (tertiary/aromatic N) is 1. The molecule has 0 radical (unpaired) electrons. The summed E-state index contributed by atoms with van der Waals surface area (Å²) in [6.07, 6.45) is 3.47. The van der Waals surface area contributed by atoms with Gasteiger partial charge in [-0.3, -0.25) is 4.90 Å². The Labute approximate surface area is 102 Å². The van der Waals surface area contributed by atoms with Crippen molar-refractivity contribution in [2.75, 3.05) is 12.8 Å². The van der Waals surface area contributed by atoms with E-state index in [0.717, 1.165) is 18.8 Å². The van der Waals surface area contributed by atoms with Crippen molar-refractivity contribution < 1.29 is 4.42 Å². The number of hydrogen-bond acceptors (Lipinski definition) is 3. The molecule has 0 fully saturated rings. The average Bonchev–Trinajstić information content (AvgIpc) is 2.76. The lowest BCUT2D eigenvalue weighted by Gasteiger charge is -2.17. The predicted octanol–water partition coefficient (Wildman–Crippen LogP) is 2.80. The smallest absolute Gasteiger partial charge is 0.0947 e. The van der Waals surface area contributed by atoms with Crippen molar-refractivity contribution >= 4 is 5.69 Å². The Morgan fingerprint density at radius 1 is 1.24 bits per heavy atom. The van der Waals surface area contributed by atoms with E-state index in [2.05, 4.69) is 24.9 Å². The molecule has 0 bridgehead atoms. The van der Waals surface area contributed by atoms with Gasteiger partial charge in [0.15, 0.2) is 0 Å². The van der Waals surface area contributed by atoms with Gasteiger partial charge in [0.1, 0.15) is 0 Å². The first-order valence-corrected chi connectivity index (χ1v) is 5.70. The van der Waals surface area contributed by atoms with Gasteiger partial charge in [-0.25, -0.2) is 0 Å². The Morgan fingerprint density at radius 3 is 2.76 bits per heavy atom. The molecular formula is C14H18N2O. The fourth-order valence-electron chi connectivity index (χ4n) is 1.91. The highest BCUT2D eigenvalue weighted by Gasteiger charge is 2.05. The zero-order valence-corrected chi connectivity index (χ0v) is 10.3. The minimum Gasteiger partial charge on any atom is -0.472 e. The van der Waals surface area contributed by atoms with Gasteiger partial charge in [0.2, 0.25) is 0 Å². The maximum Gasteiger partial charge on any atom is 0.0947 e. The molecule has 1 aromatic carbocycles. The first-order chi connectivity index (χ1) is 8.15. The molecule has 0 atom stereocenters. The number of rotatable bonds is 4. The second kappa shape index (κ2) is 5.06. The van der Waals surface area contributed by atoms with Crippen molar-refractivity contribution in [1.29, 1.82) is 0 Å². The maximum atomic E-state index is 5.97. The van der Waals surface area contributed by atoms with E-state index >= 15 is 0 Å². The molecule has 0 spiro atoms. The lowest BCUT2D eigenvalue weighted by molar-refractivity contribution is 0.318. The fraction of sp³-hybridized carbons (Fsp3) is 0.286. The molecular weight excluding hydrogens is 212 g/mol. The largest absolute Gasteiger partial charge is 0.472 e. The second-order valence-corrected chi connectivity index (χ2v) is 4.51. The van der Waals surface area contributed by atoms with Gasteiger partial charge < -0.3 is 10.2 Å². The fourth-order valence-corrected chi connectivity index (χ4v) is 1.91. The molecule has 3 heteroatoms. The van der Waals surface area contributed by atoms with E-state index in [9.17, 15) is 0 Å². The highest BCUT2D eigenvalue weighted by Crippen LogP contribution is 2.16. The Kier molecular flexibility index (Phi) is 3.49. The van der Waals surface area contributed by atoms with E-state index in [-0.39, 0.29) is 0 Å². The number of nitrogens with two attached hydrogens (primary N) is 1. The van der Waals surface area contributed by atoms with Crippen molar-refractivity contribution in [2.24, 2.45) is 0 Å². The minimum atomic E-state index is 0.846. The SMILES string of the molecule is Cc1ccc(N)c(CN(C)Cc2ccoc2)c1. The molecule has 0 aliphatic heterocycles. The van der Waals surface area contributed by atoms with Gasteiger partial charge in [0.25, 0.3) is 0 Å². The summed E-state index contributed by atoms with van der Waals surface area (Å²) in [6.45, 7) is 3.79. The molecule has 2 aromatic rings. The van der Waals surface area contributed by atoms with Crippen LogP contribution in [0.25, 0.3) is 0 Å². The van der Waals surface area contributed by atoms with Crippen LogP contribution in [0.15, 0.2) is 41.2 Å². The summed E-state index contributed by atoms with van der Waals surface area (Å²) < 4.78 is 5.06. The number of furan rings is 1. The predicted molar refractivity (Wildman–Crippen MR) is 69.5 cm³/mol. The molecule has 0 aliphatic rings. The molecule has 2 N–H and O–H groups in total. The van der Waals surface area contributed by atoms with Crippen LogP contribution in [0.1, 0.15) is 16.7 Å². The highest BCUT2D eigenvalue weighted by atomic mass is 16.3. The molecule has 0 saturated carbocycles. The Bertz CT molecular complexity index is 477. The van der Waals surface area contributed by atoms with Crippen molar-refractivity contribution in [3.63, 3.8) is 0 Å². The molecule has 3 nitrogen and oxygen atoms in total. The molecule has 0 unspecified atom stereocenters. The Hall–Kier alpha value is -1.74. The minimum absolute atomic E-state index is 0.846. The van der Waals surface area contributed by atoms with Gasteiger partial charge in [0.05, 0.1) is 12.5 Å². The summed E-state index contributed by atoms with van der Waals surface area (Å²) >= 11 is 0.